The highest BCUT2D eigenvalue weighted by Crippen LogP contribution is 2.33. The Morgan fingerprint density at radius 2 is 2.05 bits per heavy atom. The van der Waals surface area contributed by atoms with E-state index in [9.17, 15) is 4.79 Å². The second-order valence-electron chi connectivity index (χ2n) is 4.83. The van der Waals surface area contributed by atoms with Gasteiger partial charge in [-0.05, 0) is 30.5 Å². The standard InChI is InChI=1S/C14H20Cl2N2O2/c1-4-11(17)6-9-5-10(15)7-12(16)14(9)20-8-13(19)18(2)3/h5,7,11H,4,6,8,17H2,1-3H3. The normalized spacial score (nSPS) is 12.1. The predicted molar refractivity (Wildman–Crippen MR) is 82.6 cm³/mol. The summed E-state index contributed by atoms with van der Waals surface area (Å²) in [6.07, 6.45) is 1.43. The summed E-state index contributed by atoms with van der Waals surface area (Å²) in [6, 6.07) is 3.37. The number of carbonyl (C=O) groups is 1. The molecule has 0 heterocycles. The second kappa shape index (κ2) is 7.72. The van der Waals surface area contributed by atoms with Crippen molar-refractivity contribution in [1.29, 1.82) is 0 Å². The van der Waals surface area contributed by atoms with Crippen LogP contribution in [0.15, 0.2) is 12.1 Å². The molecule has 20 heavy (non-hydrogen) atoms. The van der Waals surface area contributed by atoms with Gasteiger partial charge in [0.15, 0.2) is 6.61 Å². The zero-order chi connectivity index (χ0) is 15.3. The van der Waals surface area contributed by atoms with Gasteiger partial charge in [-0.1, -0.05) is 30.1 Å². The fraction of sp³-hybridized carbons (Fsp3) is 0.500. The molecule has 0 fully saturated rings. The Morgan fingerprint density at radius 3 is 2.60 bits per heavy atom. The van der Waals surface area contributed by atoms with Gasteiger partial charge in [0.05, 0.1) is 5.02 Å². The first kappa shape index (κ1) is 17.1. The number of hydrogen-bond acceptors (Lipinski definition) is 3. The Hall–Kier alpha value is -0.970. The molecule has 0 aliphatic carbocycles. The number of hydrogen-bond donors (Lipinski definition) is 1. The van der Waals surface area contributed by atoms with Crippen molar-refractivity contribution in [3.8, 4) is 5.75 Å². The molecule has 0 aliphatic rings. The fourth-order valence-corrected chi connectivity index (χ4v) is 2.21. The number of likely N-dealkylation sites (N-methyl/N-ethyl adjacent to an activating group) is 1. The first-order valence-electron chi connectivity index (χ1n) is 6.41. The molecular formula is C14H20Cl2N2O2. The molecule has 2 N–H and O–H groups in total. The average Bonchev–Trinajstić information content (AvgIpc) is 2.36. The lowest BCUT2D eigenvalue weighted by atomic mass is 10.0. The van der Waals surface area contributed by atoms with Crippen LogP contribution in [0.25, 0.3) is 0 Å². The van der Waals surface area contributed by atoms with Gasteiger partial charge in [-0.2, -0.15) is 0 Å². The minimum Gasteiger partial charge on any atom is -0.482 e. The van der Waals surface area contributed by atoms with Crippen LogP contribution in [0.5, 0.6) is 5.75 Å². The van der Waals surface area contributed by atoms with Crippen LogP contribution < -0.4 is 10.5 Å². The Kier molecular flexibility index (Phi) is 6.59. The van der Waals surface area contributed by atoms with E-state index in [0.717, 1.165) is 12.0 Å². The average molecular weight is 319 g/mol. The highest BCUT2D eigenvalue weighted by molar-refractivity contribution is 6.35. The molecule has 0 saturated carbocycles. The summed E-state index contributed by atoms with van der Waals surface area (Å²) in [4.78, 5) is 13.1. The minimum atomic E-state index is -0.137. The second-order valence-corrected chi connectivity index (χ2v) is 5.67. The van der Waals surface area contributed by atoms with Crippen LogP contribution >= 0.6 is 23.2 Å². The van der Waals surface area contributed by atoms with Crippen LogP contribution in [0.4, 0.5) is 0 Å². The molecular weight excluding hydrogens is 299 g/mol. The smallest absolute Gasteiger partial charge is 0.259 e. The molecule has 112 valence electrons. The molecule has 0 radical (unpaired) electrons. The maximum atomic E-state index is 11.6. The molecule has 4 nitrogen and oxygen atoms in total. The van der Waals surface area contributed by atoms with Crippen LogP contribution in [-0.2, 0) is 11.2 Å². The van der Waals surface area contributed by atoms with Crippen molar-refractivity contribution in [2.45, 2.75) is 25.8 Å². The lowest BCUT2D eigenvalue weighted by molar-refractivity contribution is -0.130. The van der Waals surface area contributed by atoms with E-state index in [2.05, 4.69) is 0 Å². The molecule has 1 unspecified atom stereocenters. The van der Waals surface area contributed by atoms with Gasteiger partial charge in [-0.15, -0.1) is 0 Å². The summed E-state index contributed by atoms with van der Waals surface area (Å²) < 4.78 is 5.55. The van der Waals surface area contributed by atoms with E-state index in [1.807, 2.05) is 6.92 Å². The first-order valence-corrected chi connectivity index (χ1v) is 7.17. The van der Waals surface area contributed by atoms with Gasteiger partial charge in [0.2, 0.25) is 0 Å². The van der Waals surface area contributed by atoms with E-state index in [4.69, 9.17) is 33.7 Å². The van der Waals surface area contributed by atoms with Gasteiger partial charge >= 0.3 is 0 Å². The first-order chi connectivity index (χ1) is 9.35. The summed E-state index contributed by atoms with van der Waals surface area (Å²) in [5, 5.41) is 0.918. The van der Waals surface area contributed by atoms with Crippen molar-refractivity contribution < 1.29 is 9.53 Å². The molecule has 0 saturated heterocycles. The molecule has 1 rings (SSSR count). The van der Waals surface area contributed by atoms with Crippen molar-refractivity contribution >= 4 is 29.1 Å². The third-order valence-corrected chi connectivity index (χ3v) is 3.43. The molecule has 1 aromatic rings. The van der Waals surface area contributed by atoms with E-state index in [1.54, 1.807) is 26.2 Å². The fourth-order valence-electron chi connectivity index (χ4n) is 1.62. The number of amides is 1. The van der Waals surface area contributed by atoms with E-state index in [-0.39, 0.29) is 18.6 Å². The number of rotatable bonds is 6. The van der Waals surface area contributed by atoms with Crippen molar-refractivity contribution in [2.75, 3.05) is 20.7 Å². The van der Waals surface area contributed by atoms with Crippen LogP contribution in [0, 0.1) is 0 Å². The zero-order valence-electron chi connectivity index (χ0n) is 12.0. The SMILES string of the molecule is CCC(N)Cc1cc(Cl)cc(Cl)c1OCC(=O)N(C)C. The van der Waals surface area contributed by atoms with Crippen molar-refractivity contribution in [3.63, 3.8) is 0 Å². The van der Waals surface area contributed by atoms with Gasteiger partial charge in [-0.3, -0.25) is 4.79 Å². The lowest BCUT2D eigenvalue weighted by Gasteiger charge is -2.17. The van der Waals surface area contributed by atoms with Crippen LogP contribution in [0.2, 0.25) is 10.0 Å². The maximum absolute atomic E-state index is 11.6. The van der Waals surface area contributed by atoms with Crippen molar-refractivity contribution in [2.24, 2.45) is 5.73 Å². The third-order valence-electron chi connectivity index (χ3n) is 2.93. The zero-order valence-corrected chi connectivity index (χ0v) is 13.5. The highest BCUT2D eigenvalue weighted by atomic mass is 35.5. The van der Waals surface area contributed by atoms with E-state index in [0.29, 0.717) is 22.2 Å². The van der Waals surface area contributed by atoms with Crippen LogP contribution in [-0.4, -0.2) is 37.6 Å². The number of carbonyl (C=O) groups excluding carboxylic acids is 1. The monoisotopic (exact) mass is 318 g/mol. The minimum absolute atomic E-state index is 0.00330. The molecule has 0 bridgehead atoms. The van der Waals surface area contributed by atoms with E-state index < -0.39 is 0 Å². The number of benzene rings is 1. The van der Waals surface area contributed by atoms with Gasteiger partial charge < -0.3 is 15.4 Å². The molecule has 0 aliphatic heterocycles. The molecule has 6 heteroatoms. The predicted octanol–water partition coefficient (Wildman–Crippen LogP) is 2.74. The van der Waals surface area contributed by atoms with E-state index >= 15 is 0 Å². The third kappa shape index (κ3) is 4.85. The lowest BCUT2D eigenvalue weighted by Crippen LogP contribution is -2.28. The Morgan fingerprint density at radius 1 is 1.40 bits per heavy atom. The van der Waals surface area contributed by atoms with Crippen molar-refractivity contribution in [3.05, 3.63) is 27.7 Å². The van der Waals surface area contributed by atoms with E-state index in [1.165, 1.54) is 4.90 Å². The van der Waals surface area contributed by atoms with Gasteiger partial charge in [-0.25, -0.2) is 0 Å². The van der Waals surface area contributed by atoms with Gasteiger partial charge in [0, 0.05) is 25.2 Å². The number of ether oxygens (including phenoxy) is 1. The highest BCUT2D eigenvalue weighted by Gasteiger charge is 2.15. The van der Waals surface area contributed by atoms with Gasteiger partial charge in [0.1, 0.15) is 5.75 Å². The summed E-state index contributed by atoms with van der Waals surface area (Å²) >= 11 is 12.2. The summed E-state index contributed by atoms with van der Waals surface area (Å²) in [7, 11) is 3.34. The Bertz CT molecular complexity index is 478. The van der Waals surface area contributed by atoms with Crippen molar-refractivity contribution in [1.82, 2.24) is 4.90 Å². The summed E-state index contributed by atoms with van der Waals surface area (Å²) in [5.74, 6) is 0.344. The quantitative estimate of drug-likeness (QED) is 0.877. The molecule has 0 aromatic heterocycles. The van der Waals surface area contributed by atoms with Crippen LogP contribution in [0.1, 0.15) is 18.9 Å². The Labute approximate surface area is 129 Å². The topological polar surface area (TPSA) is 55.6 Å². The summed E-state index contributed by atoms with van der Waals surface area (Å²) in [6.45, 7) is 1.94. The summed E-state index contributed by atoms with van der Waals surface area (Å²) in [5.41, 5.74) is 6.78. The molecule has 1 aromatic carbocycles. The number of nitrogens with two attached hydrogens (primary N) is 1. The maximum Gasteiger partial charge on any atom is 0.259 e. The van der Waals surface area contributed by atoms with Crippen LogP contribution in [0.3, 0.4) is 0 Å². The number of halogens is 2. The van der Waals surface area contributed by atoms with Gasteiger partial charge in [0.25, 0.3) is 5.91 Å². The molecule has 1 amide bonds. The number of nitrogens with zero attached hydrogens (tertiary/aromatic N) is 1. The largest absolute Gasteiger partial charge is 0.482 e. The molecule has 1 atom stereocenters. The molecule has 0 spiro atoms. The Balaban J connectivity index is 2.94.